The Labute approximate surface area is 377 Å². The number of esters is 2. The number of allylic oxidation sites excluding steroid dienone is 4. The SMILES string of the molecule is CCCCCC/C=C/C=C/CCCCCCCCCCCCC(=O)OCC(COCCC(C(=O)O)[N+](C)(C)C)OC(=O)CCCCCCCCCCCCCCCCCCC. The molecule has 2 unspecified atom stereocenters. The molecule has 0 fully saturated rings. The van der Waals surface area contributed by atoms with Gasteiger partial charge in [-0.15, -0.1) is 0 Å². The summed E-state index contributed by atoms with van der Waals surface area (Å²) in [6, 6.07) is -0.612. The molecule has 0 saturated heterocycles. The maximum atomic E-state index is 12.8. The fourth-order valence-electron chi connectivity index (χ4n) is 7.85. The van der Waals surface area contributed by atoms with Crippen molar-refractivity contribution >= 4 is 17.9 Å². The molecule has 0 aromatic heterocycles. The number of hydrogen-bond donors (Lipinski definition) is 1. The van der Waals surface area contributed by atoms with Gasteiger partial charge in [0.25, 0.3) is 0 Å². The molecule has 0 aliphatic carbocycles. The highest BCUT2D eigenvalue weighted by molar-refractivity contribution is 5.72. The van der Waals surface area contributed by atoms with E-state index in [-0.39, 0.29) is 36.2 Å². The molecule has 0 radical (unpaired) electrons. The summed E-state index contributed by atoms with van der Waals surface area (Å²) in [6.07, 6.45) is 50.8. The van der Waals surface area contributed by atoms with Crippen LogP contribution in [-0.4, -0.2) is 80.6 Å². The summed E-state index contributed by atoms with van der Waals surface area (Å²) < 4.78 is 17.4. The average molecular weight is 863 g/mol. The molecule has 0 aromatic carbocycles. The Bertz CT molecular complexity index is 1050. The minimum atomic E-state index is -0.872. The van der Waals surface area contributed by atoms with E-state index in [0.29, 0.717) is 19.3 Å². The van der Waals surface area contributed by atoms with Crippen LogP contribution >= 0.6 is 0 Å². The van der Waals surface area contributed by atoms with Crippen LogP contribution in [0.1, 0.15) is 245 Å². The monoisotopic (exact) mass is 863 g/mol. The fourth-order valence-corrected chi connectivity index (χ4v) is 7.85. The smallest absolute Gasteiger partial charge is 0.362 e. The molecule has 8 nitrogen and oxygen atoms in total. The predicted octanol–water partition coefficient (Wildman–Crippen LogP) is 14.8. The maximum Gasteiger partial charge on any atom is 0.362 e. The summed E-state index contributed by atoms with van der Waals surface area (Å²) in [5, 5.41) is 9.65. The summed E-state index contributed by atoms with van der Waals surface area (Å²) in [4.78, 5) is 37.2. The summed E-state index contributed by atoms with van der Waals surface area (Å²) in [5.74, 6) is -1.45. The second-order valence-corrected chi connectivity index (χ2v) is 18.8. The van der Waals surface area contributed by atoms with Crippen molar-refractivity contribution in [2.24, 2.45) is 0 Å². The minimum Gasteiger partial charge on any atom is -0.477 e. The second-order valence-electron chi connectivity index (χ2n) is 18.8. The molecule has 0 spiro atoms. The number of nitrogens with zero attached hydrogens (tertiary/aromatic N) is 1. The van der Waals surface area contributed by atoms with Crippen molar-refractivity contribution in [3.63, 3.8) is 0 Å². The summed E-state index contributed by atoms with van der Waals surface area (Å²) in [5.41, 5.74) is 0. The molecule has 61 heavy (non-hydrogen) atoms. The molecular weight excluding hydrogens is 763 g/mol. The normalized spacial score (nSPS) is 13.0. The van der Waals surface area contributed by atoms with E-state index in [0.717, 1.165) is 38.5 Å². The number of carboxylic acids is 1. The standard InChI is InChI=1S/C53H99NO7/c1-6-8-10-12-14-16-18-20-22-24-25-26-28-29-31-33-35-37-39-41-43-51(55)60-48-49(47-59-46-45-50(53(57)58)54(3,4)5)61-52(56)44-42-40-38-36-34-32-30-27-23-21-19-17-15-13-11-9-7-2/h16,18,20,22,49-50H,6-15,17,19,21,23-48H2,1-5H3/p+1/b18-16+,22-20+. The largest absolute Gasteiger partial charge is 0.477 e. The molecule has 0 aliphatic rings. The maximum absolute atomic E-state index is 12.8. The van der Waals surface area contributed by atoms with Crippen LogP contribution in [0, 0.1) is 0 Å². The van der Waals surface area contributed by atoms with Crippen molar-refractivity contribution in [2.45, 2.75) is 257 Å². The first kappa shape index (κ1) is 58.8. The van der Waals surface area contributed by atoms with E-state index < -0.39 is 18.1 Å². The van der Waals surface area contributed by atoms with Gasteiger partial charge in [-0.1, -0.05) is 212 Å². The lowest BCUT2D eigenvalue weighted by Gasteiger charge is -2.31. The molecule has 0 heterocycles. The first-order chi connectivity index (χ1) is 29.6. The molecule has 0 aliphatic heterocycles. The van der Waals surface area contributed by atoms with E-state index in [2.05, 4.69) is 38.2 Å². The van der Waals surface area contributed by atoms with Crippen molar-refractivity contribution in [1.29, 1.82) is 0 Å². The predicted molar refractivity (Wildman–Crippen MR) is 257 cm³/mol. The van der Waals surface area contributed by atoms with Crippen LogP contribution in [0.25, 0.3) is 0 Å². The van der Waals surface area contributed by atoms with Gasteiger partial charge in [0, 0.05) is 19.3 Å². The van der Waals surface area contributed by atoms with Crippen molar-refractivity contribution < 1.29 is 38.2 Å². The molecule has 0 amide bonds. The summed E-state index contributed by atoms with van der Waals surface area (Å²) >= 11 is 0. The molecule has 8 heteroatoms. The quantitative estimate of drug-likeness (QED) is 0.0281. The Morgan fingerprint density at radius 2 is 0.852 bits per heavy atom. The number of carbonyl (C=O) groups excluding carboxylic acids is 2. The molecular formula is C53H100NO7+. The number of unbranched alkanes of at least 4 members (excludes halogenated alkanes) is 30. The van der Waals surface area contributed by atoms with Crippen LogP contribution in [-0.2, 0) is 28.6 Å². The number of carboxylic acid groups (broad SMARTS) is 1. The van der Waals surface area contributed by atoms with Crippen molar-refractivity contribution in [2.75, 3.05) is 41.0 Å². The summed E-state index contributed by atoms with van der Waals surface area (Å²) in [7, 11) is 5.54. The van der Waals surface area contributed by atoms with Gasteiger partial charge in [-0.05, 0) is 38.5 Å². The van der Waals surface area contributed by atoms with Gasteiger partial charge in [0.15, 0.2) is 12.1 Å². The number of ether oxygens (including phenoxy) is 3. The Hall–Kier alpha value is -2.19. The van der Waals surface area contributed by atoms with E-state index in [1.807, 2.05) is 21.1 Å². The molecule has 0 rings (SSSR count). The van der Waals surface area contributed by atoms with Crippen LogP contribution in [0.4, 0.5) is 0 Å². The van der Waals surface area contributed by atoms with Gasteiger partial charge in [-0.3, -0.25) is 9.59 Å². The van der Waals surface area contributed by atoms with Gasteiger partial charge in [0.1, 0.15) is 6.61 Å². The third kappa shape index (κ3) is 42.9. The van der Waals surface area contributed by atoms with Crippen LogP contribution in [0.2, 0.25) is 0 Å². The summed E-state index contributed by atoms with van der Waals surface area (Å²) in [6.45, 7) is 4.76. The zero-order chi connectivity index (χ0) is 44.9. The second kappa shape index (κ2) is 44.4. The zero-order valence-electron chi connectivity index (χ0n) is 40.9. The molecule has 0 saturated carbocycles. The number of quaternary nitrogens is 1. The lowest BCUT2D eigenvalue weighted by Crippen LogP contribution is -2.50. The Balaban J connectivity index is 4.21. The lowest BCUT2D eigenvalue weighted by atomic mass is 10.0. The number of likely N-dealkylation sites (N-methyl/N-ethyl adjacent to an activating group) is 1. The van der Waals surface area contributed by atoms with E-state index in [4.69, 9.17) is 14.2 Å². The Morgan fingerprint density at radius 3 is 1.25 bits per heavy atom. The van der Waals surface area contributed by atoms with E-state index in [9.17, 15) is 19.5 Å². The lowest BCUT2D eigenvalue weighted by molar-refractivity contribution is -0.887. The number of aliphatic carboxylic acids is 1. The molecule has 1 N–H and O–H groups in total. The first-order valence-corrected chi connectivity index (χ1v) is 25.9. The highest BCUT2D eigenvalue weighted by Gasteiger charge is 2.31. The van der Waals surface area contributed by atoms with E-state index >= 15 is 0 Å². The number of hydrogen-bond acceptors (Lipinski definition) is 6. The topological polar surface area (TPSA) is 99.1 Å². The van der Waals surface area contributed by atoms with Gasteiger partial charge in [0.05, 0.1) is 34.4 Å². The molecule has 0 aromatic rings. The number of carbonyl (C=O) groups is 3. The van der Waals surface area contributed by atoms with E-state index in [1.165, 1.54) is 173 Å². The molecule has 2 atom stereocenters. The first-order valence-electron chi connectivity index (χ1n) is 25.9. The van der Waals surface area contributed by atoms with Gasteiger partial charge < -0.3 is 23.8 Å². The van der Waals surface area contributed by atoms with Crippen molar-refractivity contribution in [3.05, 3.63) is 24.3 Å². The van der Waals surface area contributed by atoms with Gasteiger partial charge >= 0.3 is 17.9 Å². The fraction of sp³-hybridized carbons (Fsp3) is 0.868. The van der Waals surface area contributed by atoms with Gasteiger partial charge in [-0.25, -0.2) is 4.79 Å². The zero-order valence-corrected chi connectivity index (χ0v) is 40.9. The average Bonchev–Trinajstić information content (AvgIpc) is 3.22. The van der Waals surface area contributed by atoms with Crippen molar-refractivity contribution in [1.82, 2.24) is 0 Å². The molecule has 358 valence electrons. The third-order valence-corrected chi connectivity index (χ3v) is 11.9. The van der Waals surface area contributed by atoms with Crippen LogP contribution in [0.5, 0.6) is 0 Å². The Kier molecular flexibility index (Phi) is 42.8. The minimum absolute atomic E-state index is 0.0478. The van der Waals surface area contributed by atoms with E-state index in [1.54, 1.807) is 0 Å². The third-order valence-electron chi connectivity index (χ3n) is 11.9. The number of rotatable bonds is 47. The van der Waals surface area contributed by atoms with Crippen LogP contribution < -0.4 is 0 Å². The van der Waals surface area contributed by atoms with Gasteiger partial charge in [0.2, 0.25) is 0 Å². The van der Waals surface area contributed by atoms with Gasteiger partial charge in [-0.2, -0.15) is 0 Å². The molecule has 0 bridgehead atoms. The van der Waals surface area contributed by atoms with Crippen LogP contribution in [0.15, 0.2) is 24.3 Å². The highest BCUT2D eigenvalue weighted by atomic mass is 16.6. The Morgan fingerprint density at radius 1 is 0.492 bits per heavy atom. The van der Waals surface area contributed by atoms with Crippen molar-refractivity contribution in [3.8, 4) is 0 Å². The highest BCUT2D eigenvalue weighted by Crippen LogP contribution is 2.16. The van der Waals surface area contributed by atoms with Crippen LogP contribution in [0.3, 0.4) is 0 Å².